The smallest absolute Gasteiger partial charge is 0.433 e. The van der Waals surface area contributed by atoms with Gasteiger partial charge < -0.3 is 9.47 Å². The molecule has 1 amide bonds. The van der Waals surface area contributed by atoms with Gasteiger partial charge in [0.15, 0.2) is 0 Å². The van der Waals surface area contributed by atoms with E-state index in [0.29, 0.717) is 6.42 Å². The molecule has 0 aliphatic carbocycles. The third-order valence-electron chi connectivity index (χ3n) is 3.53. The van der Waals surface area contributed by atoms with Gasteiger partial charge in [0.1, 0.15) is 23.1 Å². The summed E-state index contributed by atoms with van der Waals surface area (Å²) in [5.74, 6) is 0.215. The summed E-state index contributed by atoms with van der Waals surface area (Å²) in [5, 5.41) is 0. The van der Waals surface area contributed by atoms with E-state index in [1.54, 1.807) is 26.8 Å². The summed E-state index contributed by atoms with van der Waals surface area (Å²) in [6.45, 7) is 9.27. The van der Waals surface area contributed by atoms with Crippen molar-refractivity contribution in [3.05, 3.63) is 36.7 Å². The Hall–Kier alpha value is -2.25. The van der Waals surface area contributed by atoms with Crippen LogP contribution in [0, 0.1) is 0 Å². The predicted molar refractivity (Wildman–Crippen MR) is 85.2 cm³/mol. The number of pyridine rings is 1. The van der Waals surface area contributed by atoms with Crippen LogP contribution in [0.25, 0.3) is 0 Å². The van der Waals surface area contributed by atoms with Crippen LogP contribution in [-0.2, 0) is 10.9 Å². The maximum Gasteiger partial charge on any atom is 0.433 e. The van der Waals surface area contributed by atoms with Gasteiger partial charge in [-0.2, -0.15) is 13.2 Å². The van der Waals surface area contributed by atoms with Gasteiger partial charge in [-0.1, -0.05) is 6.08 Å². The van der Waals surface area contributed by atoms with Crippen molar-refractivity contribution in [3.8, 4) is 5.75 Å². The van der Waals surface area contributed by atoms with Crippen LogP contribution in [0.3, 0.4) is 0 Å². The lowest BCUT2D eigenvalue weighted by molar-refractivity contribution is -0.141. The molecule has 1 fully saturated rings. The summed E-state index contributed by atoms with van der Waals surface area (Å²) >= 11 is 0. The molecule has 0 radical (unpaired) electrons. The molecule has 8 heteroatoms. The van der Waals surface area contributed by atoms with E-state index >= 15 is 0 Å². The standard InChI is InChI=1S/C17H21F3N2O3/c1-5-11-8-13(10-22(11)15(23)25-16(2,3)4)24-12-6-7-14(21-9-12)17(18,19)20/h5-7,9,11,13H,1,8,10H2,2-4H3/t11-,13+/m0/s1. The Morgan fingerprint density at radius 1 is 1.36 bits per heavy atom. The van der Waals surface area contributed by atoms with Crippen molar-refractivity contribution in [1.29, 1.82) is 0 Å². The van der Waals surface area contributed by atoms with Crippen molar-refractivity contribution >= 4 is 6.09 Å². The zero-order valence-corrected chi connectivity index (χ0v) is 14.3. The Morgan fingerprint density at radius 2 is 2.04 bits per heavy atom. The summed E-state index contributed by atoms with van der Waals surface area (Å²) in [5.41, 5.74) is -1.61. The van der Waals surface area contributed by atoms with Crippen LogP contribution < -0.4 is 4.74 Å². The fourth-order valence-corrected chi connectivity index (χ4v) is 2.48. The van der Waals surface area contributed by atoms with E-state index in [1.807, 2.05) is 0 Å². The molecule has 1 aliphatic rings. The molecule has 0 N–H and O–H groups in total. The molecule has 1 aromatic rings. The first-order valence-corrected chi connectivity index (χ1v) is 7.81. The Bertz CT molecular complexity index is 624. The highest BCUT2D eigenvalue weighted by Crippen LogP contribution is 2.29. The van der Waals surface area contributed by atoms with E-state index in [4.69, 9.17) is 9.47 Å². The van der Waals surface area contributed by atoms with E-state index in [0.717, 1.165) is 12.3 Å². The van der Waals surface area contributed by atoms with Gasteiger partial charge >= 0.3 is 12.3 Å². The van der Waals surface area contributed by atoms with E-state index in [1.165, 1.54) is 11.0 Å². The van der Waals surface area contributed by atoms with Crippen molar-refractivity contribution in [3.63, 3.8) is 0 Å². The molecule has 1 aromatic heterocycles. The molecule has 0 bridgehead atoms. The zero-order chi connectivity index (χ0) is 18.8. The van der Waals surface area contributed by atoms with Gasteiger partial charge in [-0.25, -0.2) is 9.78 Å². The van der Waals surface area contributed by atoms with Crippen LogP contribution in [0.2, 0.25) is 0 Å². The molecule has 1 saturated heterocycles. The molecule has 25 heavy (non-hydrogen) atoms. The lowest BCUT2D eigenvalue weighted by atomic mass is 10.2. The molecule has 0 saturated carbocycles. The number of carbonyl (C=O) groups is 1. The average Bonchev–Trinajstić information content (AvgIpc) is 2.88. The third kappa shape index (κ3) is 5.11. The number of ether oxygens (including phenoxy) is 2. The van der Waals surface area contributed by atoms with Gasteiger partial charge in [0.05, 0.1) is 18.8 Å². The Kier molecular flexibility index (Phi) is 5.29. The first-order chi connectivity index (χ1) is 11.5. The maximum atomic E-state index is 12.5. The Morgan fingerprint density at radius 3 is 2.52 bits per heavy atom. The number of nitrogens with zero attached hydrogens (tertiary/aromatic N) is 2. The molecule has 1 aliphatic heterocycles. The van der Waals surface area contributed by atoms with E-state index in [-0.39, 0.29) is 24.4 Å². The highest BCUT2D eigenvalue weighted by Gasteiger charge is 2.37. The number of carbonyl (C=O) groups excluding carboxylic acids is 1. The zero-order valence-electron chi connectivity index (χ0n) is 14.3. The molecule has 5 nitrogen and oxygen atoms in total. The van der Waals surface area contributed by atoms with Crippen molar-refractivity contribution in [2.75, 3.05) is 6.54 Å². The number of rotatable bonds is 3. The van der Waals surface area contributed by atoms with Crippen molar-refractivity contribution < 1.29 is 27.4 Å². The Balaban J connectivity index is 2.02. The predicted octanol–water partition coefficient (Wildman–Crippen LogP) is 4.04. The van der Waals surface area contributed by atoms with Crippen LogP contribution in [0.5, 0.6) is 5.75 Å². The number of alkyl halides is 3. The second-order valence-electron chi connectivity index (χ2n) is 6.79. The minimum atomic E-state index is -4.49. The SMILES string of the molecule is C=C[C@H]1C[C@@H](Oc2ccc(C(F)(F)F)nc2)CN1C(=O)OC(C)(C)C. The fourth-order valence-electron chi connectivity index (χ4n) is 2.48. The van der Waals surface area contributed by atoms with Crippen molar-refractivity contribution in [1.82, 2.24) is 9.88 Å². The van der Waals surface area contributed by atoms with Crippen LogP contribution in [0.15, 0.2) is 31.0 Å². The van der Waals surface area contributed by atoms with Gasteiger partial charge in [-0.05, 0) is 32.9 Å². The highest BCUT2D eigenvalue weighted by atomic mass is 19.4. The number of hydrogen-bond donors (Lipinski definition) is 0. The number of halogens is 3. The van der Waals surface area contributed by atoms with Gasteiger partial charge in [-0.15, -0.1) is 6.58 Å². The number of hydrogen-bond acceptors (Lipinski definition) is 4. The largest absolute Gasteiger partial charge is 0.487 e. The fraction of sp³-hybridized carbons (Fsp3) is 0.529. The van der Waals surface area contributed by atoms with Crippen LogP contribution >= 0.6 is 0 Å². The molecule has 138 valence electrons. The lowest BCUT2D eigenvalue weighted by Gasteiger charge is -2.27. The van der Waals surface area contributed by atoms with Gasteiger partial charge in [0.25, 0.3) is 0 Å². The minimum absolute atomic E-state index is 0.215. The molecule has 2 rings (SSSR count). The van der Waals surface area contributed by atoms with E-state index in [9.17, 15) is 18.0 Å². The summed E-state index contributed by atoms with van der Waals surface area (Å²) in [6.07, 6.45) is -2.22. The third-order valence-corrected chi connectivity index (χ3v) is 3.53. The van der Waals surface area contributed by atoms with E-state index < -0.39 is 23.6 Å². The quantitative estimate of drug-likeness (QED) is 0.765. The van der Waals surface area contributed by atoms with Gasteiger partial charge in [-0.3, -0.25) is 4.90 Å². The molecule has 2 atom stereocenters. The highest BCUT2D eigenvalue weighted by molar-refractivity contribution is 5.69. The molecule has 0 aromatic carbocycles. The summed E-state index contributed by atoms with van der Waals surface area (Å²) in [4.78, 5) is 17.1. The molecular weight excluding hydrogens is 337 g/mol. The monoisotopic (exact) mass is 358 g/mol. The second-order valence-corrected chi connectivity index (χ2v) is 6.79. The average molecular weight is 358 g/mol. The molecular formula is C17H21F3N2O3. The number of likely N-dealkylation sites (tertiary alicyclic amines) is 1. The number of amides is 1. The van der Waals surface area contributed by atoms with Crippen LogP contribution in [-0.4, -0.2) is 40.3 Å². The summed E-state index contributed by atoms with van der Waals surface area (Å²) in [7, 11) is 0. The summed E-state index contributed by atoms with van der Waals surface area (Å²) < 4.78 is 48.6. The normalized spacial score (nSPS) is 21.1. The minimum Gasteiger partial charge on any atom is -0.487 e. The van der Waals surface area contributed by atoms with Crippen LogP contribution in [0.1, 0.15) is 32.9 Å². The molecule has 0 unspecified atom stereocenters. The maximum absolute atomic E-state index is 12.5. The summed E-state index contributed by atoms with van der Waals surface area (Å²) in [6, 6.07) is 1.82. The van der Waals surface area contributed by atoms with Gasteiger partial charge in [0, 0.05) is 6.42 Å². The van der Waals surface area contributed by atoms with Crippen LogP contribution in [0.4, 0.5) is 18.0 Å². The van der Waals surface area contributed by atoms with E-state index in [2.05, 4.69) is 11.6 Å². The first-order valence-electron chi connectivity index (χ1n) is 7.81. The topological polar surface area (TPSA) is 51.7 Å². The Labute approximate surface area is 144 Å². The first kappa shape index (κ1) is 19.1. The second kappa shape index (κ2) is 6.93. The van der Waals surface area contributed by atoms with Crippen molar-refractivity contribution in [2.45, 2.75) is 51.1 Å². The lowest BCUT2D eigenvalue weighted by Crippen LogP contribution is -2.39. The van der Waals surface area contributed by atoms with Crippen molar-refractivity contribution in [2.24, 2.45) is 0 Å². The molecule has 0 spiro atoms. The number of aromatic nitrogens is 1. The molecule has 2 heterocycles. The van der Waals surface area contributed by atoms with Gasteiger partial charge in [0.2, 0.25) is 0 Å².